The second kappa shape index (κ2) is 5.89. The highest BCUT2D eigenvalue weighted by atomic mass is 35.5. The summed E-state index contributed by atoms with van der Waals surface area (Å²) in [6, 6.07) is 3.68. The Hall–Kier alpha value is -1.26. The van der Waals surface area contributed by atoms with Gasteiger partial charge in [-0.1, -0.05) is 11.6 Å². The van der Waals surface area contributed by atoms with Gasteiger partial charge in [-0.15, -0.1) is 0 Å². The Morgan fingerprint density at radius 2 is 2.18 bits per heavy atom. The van der Waals surface area contributed by atoms with E-state index in [0.29, 0.717) is 11.6 Å². The van der Waals surface area contributed by atoms with E-state index in [9.17, 15) is 4.79 Å². The molecule has 1 aromatic carbocycles. The molecule has 1 rings (SSSR count). The van der Waals surface area contributed by atoms with Gasteiger partial charge in [0.1, 0.15) is 5.75 Å². The third kappa shape index (κ3) is 3.35. The fourth-order valence-corrected chi connectivity index (χ4v) is 1.70. The summed E-state index contributed by atoms with van der Waals surface area (Å²) in [7, 11) is 3.29. The number of halogens is 1. The van der Waals surface area contributed by atoms with E-state index in [1.165, 1.54) is 0 Å². The van der Waals surface area contributed by atoms with Crippen molar-refractivity contribution in [2.24, 2.45) is 5.73 Å². The molecule has 1 aromatic rings. The van der Waals surface area contributed by atoms with Crippen molar-refractivity contribution in [3.05, 3.63) is 28.3 Å². The summed E-state index contributed by atoms with van der Waals surface area (Å²) >= 11 is 6.06. The van der Waals surface area contributed by atoms with Gasteiger partial charge in [-0.05, 0) is 24.6 Å². The molecule has 0 atom stereocenters. The topological polar surface area (TPSA) is 55.6 Å². The molecule has 94 valence electrons. The van der Waals surface area contributed by atoms with Gasteiger partial charge in [0.15, 0.2) is 0 Å². The fraction of sp³-hybridized carbons (Fsp3) is 0.417. The van der Waals surface area contributed by atoms with E-state index in [1.807, 2.05) is 19.1 Å². The van der Waals surface area contributed by atoms with Crippen LogP contribution in [0.3, 0.4) is 0 Å². The smallest absolute Gasteiger partial charge is 0.236 e. The van der Waals surface area contributed by atoms with Crippen LogP contribution in [0.5, 0.6) is 5.75 Å². The number of likely N-dealkylation sites (N-methyl/N-ethyl adjacent to an activating group) is 1. The van der Waals surface area contributed by atoms with Crippen molar-refractivity contribution in [2.75, 3.05) is 20.7 Å². The average molecular weight is 257 g/mol. The highest BCUT2D eigenvalue weighted by Gasteiger charge is 2.12. The average Bonchev–Trinajstić information content (AvgIpc) is 2.32. The van der Waals surface area contributed by atoms with E-state index < -0.39 is 0 Å². The second-order valence-corrected chi connectivity index (χ2v) is 4.27. The fourth-order valence-electron chi connectivity index (χ4n) is 1.51. The van der Waals surface area contributed by atoms with E-state index >= 15 is 0 Å². The second-order valence-electron chi connectivity index (χ2n) is 3.87. The molecule has 0 spiro atoms. The highest BCUT2D eigenvalue weighted by molar-refractivity contribution is 6.31. The van der Waals surface area contributed by atoms with Crippen LogP contribution < -0.4 is 10.5 Å². The standard InChI is InChI=1S/C12H17ClN2O2/c1-8-4-11(17-3)9(5-10(8)13)7-15(2)12(16)6-14/h4-5H,6-7,14H2,1-3H3. The molecule has 0 aliphatic heterocycles. The van der Waals surface area contributed by atoms with Crippen LogP contribution in [0.15, 0.2) is 12.1 Å². The quantitative estimate of drug-likeness (QED) is 0.890. The summed E-state index contributed by atoms with van der Waals surface area (Å²) in [5.41, 5.74) is 7.12. The van der Waals surface area contributed by atoms with Crippen molar-refractivity contribution in [3.8, 4) is 5.75 Å². The lowest BCUT2D eigenvalue weighted by molar-refractivity contribution is -0.128. The molecule has 0 fully saturated rings. The van der Waals surface area contributed by atoms with Crippen molar-refractivity contribution in [2.45, 2.75) is 13.5 Å². The minimum atomic E-state index is -0.122. The maximum Gasteiger partial charge on any atom is 0.236 e. The zero-order chi connectivity index (χ0) is 13.0. The summed E-state index contributed by atoms with van der Waals surface area (Å²) in [5, 5.41) is 0.661. The Morgan fingerprint density at radius 3 is 2.71 bits per heavy atom. The van der Waals surface area contributed by atoms with Crippen molar-refractivity contribution in [3.63, 3.8) is 0 Å². The lowest BCUT2D eigenvalue weighted by Gasteiger charge is -2.18. The first-order valence-corrected chi connectivity index (χ1v) is 5.64. The van der Waals surface area contributed by atoms with E-state index in [4.69, 9.17) is 22.1 Å². The maximum atomic E-state index is 11.4. The van der Waals surface area contributed by atoms with Crippen molar-refractivity contribution < 1.29 is 9.53 Å². The molecule has 0 aliphatic rings. The maximum absolute atomic E-state index is 11.4. The third-order valence-corrected chi connectivity index (χ3v) is 2.98. The van der Waals surface area contributed by atoms with Gasteiger partial charge in [0.2, 0.25) is 5.91 Å². The van der Waals surface area contributed by atoms with Crippen LogP contribution in [0.4, 0.5) is 0 Å². The van der Waals surface area contributed by atoms with E-state index in [0.717, 1.165) is 16.9 Å². The Morgan fingerprint density at radius 1 is 1.53 bits per heavy atom. The summed E-state index contributed by atoms with van der Waals surface area (Å²) in [6.07, 6.45) is 0. The monoisotopic (exact) mass is 256 g/mol. The molecule has 0 saturated carbocycles. The van der Waals surface area contributed by atoms with Crippen LogP contribution in [-0.2, 0) is 11.3 Å². The van der Waals surface area contributed by atoms with Crippen LogP contribution in [0.2, 0.25) is 5.02 Å². The Kier molecular flexibility index (Phi) is 4.78. The van der Waals surface area contributed by atoms with Crippen molar-refractivity contribution >= 4 is 17.5 Å². The summed E-state index contributed by atoms with van der Waals surface area (Å²) in [5.74, 6) is 0.604. The van der Waals surface area contributed by atoms with Gasteiger partial charge in [-0.2, -0.15) is 0 Å². The number of benzene rings is 1. The molecule has 1 amide bonds. The first-order valence-electron chi connectivity index (χ1n) is 5.26. The number of amides is 1. The number of carbonyl (C=O) groups is 1. The summed E-state index contributed by atoms with van der Waals surface area (Å²) in [6.45, 7) is 2.33. The molecular weight excluding hydrogens is 240 g/mol. The van der Waals surface area contributed by atoms with Crippen LogP contribution in [0.25, 0.3) is 0 Å². The van der Waals surface area contributed by atoms with Gasteiger partial charge in [0.25, 0.3) is 0 Å². The number of hydrogen-bond donors (Lipinski definition) is 1. The first-order chi connectivity index (χ1) is 7.99. The molecule has 0 saturated heterocycles. The number of nitrogens with two attached hydrogens (primary N) is 1. The van der Waals surface area contributed by atoms with Gasteiger partial charge < -0.3 is 15.4 Å². The van der Waals surface area contributed by atoms with E-state index in [-0.39, 0.29) is 12.5 Å². The minimum Gasteiger partial charge on any atom is -0.496 e. The molecule has 4 nitrogen and oxygen atoms in total. The molecule has 0 aromatic heterocycles. The molecule has 17 heavy (non-hydrogen) atoms. The Balaban J connectivity index is 2.97. The van der Waals surface area contributed by atoms with Crippen molar-refractivity contribution in [1.82, 2.24) is 4.90 Å². The highest BCUT2D eigenvalue weighted by Crippen LogP contribution is 2.27. The van der Waals surface area contributed by atoms with E-state index in [2.05, 4.69) is 0 Å². The predicted molar refractivity (Wildman–Crippen MR) is 68.3 cm³/mol. The number of aryl methyl sites for hydroxylation is 1. The summed E-state index contributed by atoms with van der Waals surface area (Å²) in [4.78, 5) is 12.9. The predicted octanol–water partition coefficient (Wildman–Crippen LogP) is 1.57. The first kappa shape index (κ1) is 13.8. The van der Waals surface area contributed by atoms with Gasteiger partial charge in [0, 0.05) is 24.2 Å². The Bertz CT molecular complexity index is 421. The van der Waals surface area contributed by atoms with Crippen LogP contribution in [-0.4, -0.2) is 31.5 Å². The normalized spacial score (nSPS) is 10.2. The largest absolute Gasteiger partial charge is 0.496 e. The lowest BCUT2D eigenvalue weighted by atomic mass is 10.1. The Labute approximate surface area is 106 Å². The van der Waals surface area contributed by atoms with Gasteiger partial charge in [-0.3, -0.25) is 4.79 Å². The van der Waals surface area contributed by atoms with Crippen LogP contribution in [0.1, 0.15) is 11.1 Å². The molecule has 0 radical (unpaired) electrons. The van der Waals surface area contributed by atoms with Gasteiger partial charge >= 0.3 is 0 Å². The number of rotatable bonds is 4. The van der Waals surface area contributed by atoms with Gasteiger partial charge in [-0.25, -0.2) is 0 Å². The zero-order valence-corrected chi connectivity index (χ0v) is 11.0. The molecule has 0 aliphatic carbocycles. The lowest BCUT2D eigenvalue weighted by Crippen LogP contribution is -2.32. The molecule has 0 unspecified atom stereocenters. The third-order valence-electron chi connectivity index (χ3n) is 2.57. The SMILES string of the molecule is COc1cc(C)c(Cl)cc1CN(C)C(=O)CN. The minimum absolute atomic E-state index is 0.00158. The molecule has 2 N–H and O–H groups in total. The molecule has 0 bridgehead atoms. The number of ether oxygens (including phenoxy) is 1. The zero-order valence-electron chi connectivity index (χ0n) is 10.3. The molecule has 5 heteroatoms. The number of methoxy groups -OCH3 is 1. The van der Waals surface area contributed by atoms with Crippen LogP contribution in [0, 0.1) is 6.92 Å². The van der Waals surface area contributed by atoms with E-state index in [1.54, 1.807) is 19.1 Å². The molecule has 0 heterocycles. The number of carbonyl (C=O) groups excluding carboxylic acids is 1. The number of nitrogens with zero attached hydrogens (tertiary/aromatic N) is 1. The van der Waals surface area contributed by atoms with Gasteiger partial charge in [0.05, 0.1) is 13.7 Å². The summed E-state index contributed by atoms with van der Waals surface area (Å²) < 4.78 is 5.27. The molecular formula is C12H17ClN2O2. The van der Waals surface area contributed by atoms with Crippen molar-refractivity contribution in [1.29, 1.82) is 0 Å². The number of hydrogen-bond acceptors (Lipinski definition) is 3. The van der Waals surface area contributed by atoms with Crippen LogP contribution >= 0.6 is 11.6 Å².